The first-order valence-electron chi connectivity index (χ1n) is 7.83. The van der Waals surface area contributed by atoms with Crippen molar-refractivity contribution in [2.75, 3.05) is 40.3 Å². The SMILES string of the molecule is CCNC1CCCC1N1CCC(CN(C)C)CC1. The fraction of sp³-hybridized carbons (Fsp3) is 1.00. The zero-order chi connectivity index (χ0) is 13.0. The molecule has 0 radical (unpaired) electrons. The molecule has 3 heteroatoms. The van der Waals surface area contributed by atoms with Crippen LogP contribution in [-0.4, -0.2) is 62.2 Å². The monoisotopic (exact) mass is 253 g/mol. The van der Waals surface area contributed by atoms with Crippen molar-refractivity contribution < 1.29 is 0 Å². The quantitative estimate of drug-likeness (QED) is 0.806. The Morgan fingerprint density at radius 1 is 1.11 bits per heavy atom. The maximum Gasteiger partial charge on any atom is 0.0249 e. The fourth-order valence-electron chi connectivity index (χ4n) is 3.86. The Morgan fingerprint density at radius 3 is 2.44 bits per heavy atom. The van der Waals surface area contributed by atoms with Crippen molar-refractivity contribution in [3.63, 3.8) is 0 Å². The summed E-state index contributed by atoms with van der Waals surface area (Å²) in [4.78, 5) is 5.11. The summed E-state index contributed by atoms with van der Waals surface area (Å²) in [6.07, 6.45) is 7.01. The molecule has 2 rings (SSSR count). The van der Waals surface area contributed by atoms with Gasteiger partial charge in [-0.25, -0.2) is 0 Å². The maximum atomic E-state index is 3.69. The van der Waals surface area contributed by atoms with Crippen LogP contribution in [-0.2, 0) is 0 Å². The van der Waals surface area contributed by atoms with Crippen molar-refractivity contribution >= 4 is 0 Å². The van der Waals surface area contributed by atoms with Gasteiger partial charge in [-0.05, 0) is 65.3 Å². The third-order valence-electron chi connectivity index (χ3n) is 4.69. The minimum absolute atomic E-state index is 0.764. The van der Waals surface area contributed by atoms with Gasteiger partial charge in [-0.1, -0.05) is 13.3 Å². The highest BCUT2D eigenvalue weighted by Gasteiger charge is 2.33. The van der Waals surface area contributed by atoms with Crippen LogP contribution < -0.4 is 5.32 Å². The molecule has 0 aromatic carbocycles. The number of likely N-dealkylation sites (tertiary alicyclic amines) is 1. The lowest BCUT2D eigenvalue weighted by Gasteiger charge is -2.39. The van der Waals surface area contributed by atoms with E-state index in [0.717, 1.165) is 24.5 Å². The van der Waals surface area contributed by atoms with E-state index in [1.54, 1.807) is 0 Å². The van der Waals surface area contributed by atoms with Crippen molar-refractivity contribution in [2.45, 2.75) is 51.1 Å². The predicted octanol–water partition coefficient (Wildman–Crippen LogP) is 1.79. The second-order valence-corrected chi connectivity index (χ2v) is 6.40. The van der Waals surface area contributed by atoms with E-state index in [4.69, 9.17) is 0 Å². The molecule has 0 aromatic heterocycles. The molecule has 0 spiro atoms. The van der Waals surface area contributed by atoms with Crippen LogP contribution >= 0.6 is 0 Å². The van der Waals surface area contributed by atoms with Gasteiger partial charge in [0.25, 0.3) is 0 Å². The van der Waals surface area contributed by atoms with Crippen LogP contribution in [0.2, 0.25) is 0 Å². The lowest BCUT2D eigenvalue weighted by molar-refractivity contribution is 0.108. The van der Waals surface area contributed by atoms with E-state index >= 15 is 0 Å². The fourth-order valence-corrected chi connectivity index (χ4v) is 3.86. The van der Waals surface area contributed by atoms with Gasteiger partial charge in [-0.3, -0.25) is 4.90 Å². The summed E-state index contributed by atoms with van der Waals surface area (Å²) < 4.78 is 0. The molecule has 1 aliphatic heterocycles. The third-order valence-corrected chi connectivity index (χ3v) is 4.69. The number of hydrogen-bond donors (Lipinski definition) is 1. The average molecular weight is 253 g/mol. The topological polar surface area (TPSA) is 18.5 Å². The van der Waals surface area contributed by atoms with Gasteiger partial charge in [0.1, 0.15) is 0 Å². The average Bonchev–Trinajstić information content (AvgIpc) is 2.78. The minimum atomic E-state index is 0.764. The highest BCUT2D eigenvalue weighted by Crippen LogP contribution is 2.28. The summed E-state index contributed by atoms with van der Waals surface area (Å²) in [6.45, 7) is 7.28. The van der Waals surface area contributed by atoms with Gasteiger partial charge in [0.05, 0.1) is 0 Å². The first-order chi connectivity index (χ1) is 8.70. The van der Waals surface area contributed by atoms with E-state index in [2.05, 4.69) is 36.1 Å². The Labute approximate surface area is 113 Å². The van der Waals surface area contributed by atoms with Crippen molar-refractivity contribution in [3.8, 4) is 0 Å². The molecule has 0 bridgehead atoms. The summed E-state index contributed by atoms with van der Waals surface area (Å²) >= 11 is 0. The van der Waals surface area contributed by atoms with Crippen LogP contribution in [0.5, 0.6) is 0 Å². The molecule has 106 valence electrons. The summed E-state index contributed by atoms with van der Waals surface area (Å²) in [6, 6.07) is 1.59. The zero-order valence-electron chi connectivity index (χ0n) is 12.5. The van der Waals surface area contributed by atoms with Crippen LogP contribution in [0.25, 0.3) is 0 Å². The number of piperidine rings is 1. The standard InChI is InChI=1S/C15H31N3/c1-4-16-14-6-5-7-15(14)18-10-8-13(9-11-18)12-17(2)3/h13-16H,4-12H2,1-3H3. The van der Waals surface area contributed by atoms with E-state index in [9.17, 15) is 0 Å². The number of hydrogen-bond acceptors (Lipinski definition) is 3. The Bertz CT molecular complexity index is 234. The molecular formula is C15H31N3. The summed E-state index contributed by atoms with van der Waals surface area (Å²) in [7, 11) is 4.40. The van der Waals surface area contributed by atoms with Crippen LogP contribution in [0.1, 0.15) is 39.0 Å². The van der Waals surface area contributed by atoms with Gasteiger partial charge < -0.3 is 10.2 Å². The third kappa shape index (κ3) is 3.69. The van der Waals surface area contributed by atoms with Gasteiger partial charge in [0.15, 0.2) is 0 Å². The van der Waals surface area contributed by atoms with Crippen molar-refractivity contribution in [3.05, 3.63) is 0 Å². The van der Waals surface area contributed by atoms with Gasteiger partial charge >= 0.3 is 0 Å². The van der Waals surface area contributed by atoms with E-state index in [0.29, 0.717) is 0 Å². The second kappa shape index (κ2) is 6.88. The first kappa shape index (κ1) is 14.3. The van der Waals surface area contributed by atoms with Crippen molar-refractivity contribution in [1.29, 1.82) is 0 Å². The number of rotatable bonds is 5. The Morgan fingerprint density at radius 2 is 1.83 bits per heavy atom. The number of nitrogens with zero attached hydrogens (tertiary/aromatic N) is 2. The molecule has 0 amide bonds. The van der Waals surface area contributed by atoms with Gasteiger partial charge in [-0.15, -0.1) is 0 Å². The smallest absolute Gasteiger partial charge is 0.0249 e. The molecule has 2 unspecified atom stereocenters. The Hall–Kier alpha value is -0.120. The molecule has 1 saturated carbocycles. The molecule has 0 aromatic rings. The normalized spacial score (nSPS) is 31.3. The number of nitrogens with one attached hydrogen (secondary N) is 1. The first-order valence-corrected chi connectivity index (χ1v) is 7.83. The van der Waals surface area contributed by atoms with Crippen LogP contribution in [0, 0.1) is 5.92 Å². The molecule has 2 fully saturated rings. The van der Waals surface area contributed by atoms with Gasteiger partial charge in [0, 0.05) is 18.6 Å². The summed E-state index contributed by atoms with van der Waals surface area (Å²) in [5, 5.41) is 3.69. The van der Waals surface area contributed by atoms with E-state index in [-0.39, 0.29) is 0 Å². The predicted molar refractivity (Wildman–Crippen MR) is 78.0 cm³/mol. The summed E-state index contributed by atoms with van der Waals surface area (Å²) in [5.74, 6) is 0.926. The molecule has 1 aliphatic carbocycles. The Kier molecular flexibility index (Phi) is 5.46. The van der Waals surface area contributed by atoms with Crippen molar-refractivity contribution in [2.24, 2.45) is 5.92 Å². The minimum Gasteiger partial charge on any atom is -0.313 e. The van der Waals surface area contributed by atoms with Crippen LogP contribution in [0.15, 0.2) is 0 Å². The largest absolute Gasteiger partial charge is 0.313 e. The highest BCUT2D eigenvalue weighted by molar-refractivity contribution is 4.92. The second-order valence-electron chi connectivity index (χ2n) is 6.40. The molecular weight excluding hydrogens is 222 g/mol. The van der Waals surface area contributed by atoms with Gasteiger partial charge in [-0.2, -0.15) is 0 Å². The number of likely N-dealkylation sites (N-methyl/N-ethyl adjacent to an activating group) is 1. The van der Waals surface area contributed by atoms with Crippen LogP contribution in [0.4, 0.5) is 0 Å². The maximum absolute atomic E-state index is 3.69. The molecule has 18 heavy (non-hydrogen) atoms. The summed E-state index contributed by atoms with van der Waals surface area (Å²) in [5.41, 5.74) is 0. The van der Waals surface area contributed by atoms with Crippen LogP contribution in [0.3, 0.4) is 0 Å². The molecule has 1 saturated heterocycles. The molecule has 1 heterocycles. The molecule has 3 nitrogen and oxygen atoms in total. The molecule has 2 atom stereocenters. The van der Waals surface area contributed by atoms with Crippen molar-refractivity contribution in [1.82, 2.24) is 15.1 Å². The highest BCUT2D eigenvalue weighted by atomic mass is 15.2. The van der Waals surface area contributed by atoms with E-state index in [1.165, 1.54) is 51.7 Å². The van der Waals surface area contributed by atoms with E-state index in [1.807, 2.05) is 0 Å². The lowest BCUT2D eigenvalue weighted by atomic mass is 9.94. The van der Waals surface area contributed by atoms with E-state index < -0.39 is 0 Å². The zero-order valence-corrected chi connectivity index (χ0v) is 12.5. The Balaban J connectivity index is 1.78. The molecule has 1 N–H and O–H groups in total. The molecule has 2 aliphatic rings. The lowest BCUT2D eigenvalue weighted by Crippen LogP contribution is -2.50. The van der Waals surface area contributed by atoms with Gasteiger partial charge in [0.2, 0.25) is 0 Å².